The molecule has 0 aromatic heterocycles. The van der Waals surface area contributed by atoms with Crippen LogP contribution >= 0.6 is 0 Å². The first kappa shape index (κ1) is 70.9. The normalized spacial score (nSPS) is 10.5. The molecule has 0 radical (unpaired) electrons. The molecule has 11 aromatic carbocycles. The van der Waals surface area contributed by atoms with E-state index in [1.54, 1.807) is 12.2 Å². The average Bonchev–Trinajstić information content (AvgIpc) is 2.13. The highest BCUT2D eigenvalue weighted by atomic mass is 16.5. The summed E-state index contributed by atoms with van der Waals surface area (Å²) in [6, 6.07) is 93.0. The van der Waals surface area contributed by atoms with E-state index in [-0.39, 0.29) is 11.8 Å². The van der Waals surface area contributed by atoms with Gasteiger partial charge in [0.2, 0.25) is 0 Å². The molecule has 0 aliphatic heterocycles. The van der Waals surface area contributed by atoms with Gasteiger partial charge in [-0.2, -0.15) is 0 Å². The van der Waals surface area contributed by atoms with Crippen LogP contribution in [0.5, 0.6) is 0 Å². The second-order valence-electron chi connectivity index (χ2n) is 23.9. The van der Waals surface area contributed by atoms with Crippen molar-refractivity contribution in [2.45, 2.75) is 95.4 Å². The molecule has 0 spiro atoms. The third kappa shape index (κ3) is 28.1. The standard InChI is InChI=1S/C17H16O.C16H16.3C15H16.C11H12O2/c1-13-3-7-15(8-4-13)9-12-17(18)16-10-5-14(2)6-11-16;1-13-3-7-15(8-4-13)11-12-16-9-5-14(2)6-10-16;2*1-12-5-3-7-14(9-12)11-15-8-4-6-13(2)10-15;1-12-6-8-14(9-7-12)11-15-5-3-4-13(2)10-15;1-9-3-5-10(6-4-9)7-8-11(12)13-2/h3-12H,1-2H3;3-12H,1-2H3;3*3-10H,11H2,1-2H3;3-8H,1-2H3/b12-9+;12-11+;;;;8-7+. The maximum atomic E-state index is 11.9. The van der Waals surface area contributed by atoms with Crippen LogP contribution in [-0.4, -0.2) is 18.9 Å². The largest absolute Gasteiger partial charge is 0.466 e. The number of rotatable bonds is 13. The number of ether oxygens (including phenoxy) is 1. The maximum Gasteiger partial charge on any atom is 0.330 e. The summed E-state index contributed by atoms with van der Waals surface area (Å²) in [7, 11) is 1.36. The minimum atomic E-state index is -0.333. The second-order valence-corrected chi connectivity index (χ2v) is 23.9. The van der Waals surface area contributed by atoms with Crippen molar-refractivity contribution in [3.63, 3.8) is 0 Å². The van der Waals surface area contributed by atoms with Crippen molar-refractivity contribution in [1.29, 1.82) is 0 Å². The van der Waals surface area contributed by atoms with E-state index in [4.69, 9.17) is 0 Å². The molecule has 0 N–H and O–H groups in total. The van der Waals surface area contributed by atoms with Crippen molar-refractivity contribution >= 4 is 36.1 Å². The van der Waals surface area contributed by atoms with Crippen molar-refractivity contribution in [3.8, 4) is 0 Å². The minimum Gasteiger partial charge on any atom is -0.466 e. The van der Waals surface area contributed by atoms with Crippen molar-refractivity contribution in [2.24, 2.45) is 0 Å². The molecule has 0 atom stereocenters. The van der Waals surface area contributed by atoms with Gasteiger partial charge in [0.25, 0.3) is 0 Å². The monoisotopic (exact) mass is 1210 g/mol. The smallest absolute Gasteiger partial charge is 0.330 e. The van der Waals surface area contributed by atoms with Crippen LogP contribution in [0.15, 0.2) is 279 Å². The van der Waals surface area contributed by atoms with E-state index in [9.17, 15) is 9.59 Å². The summed E-state index contributed by atoms with van der Waals surface area (Å²) in [5, 5.41) is 0. The van der Waals surface area contributed by atoms with E-state index in [1.807, 2.05) is 99.6 Å². The van der Waals surface area contributed by atoms with Crippen LogP contribution in [0.2, 0.25) is 0 Å². The molecular weight excluding hydrogens is 1120 g/mol. The van der Waals surface area contributed by atoms with Gasteiger partial charge in [-0.15, -0.1) is 0 Å². The maximum absolute atomic E-state index is 11.9. The van der Waals surface area contributed by atoms with Crippen molar-refractivity contribution < 1.29 is 14.3 Å². The van der Waals surface area contributed by atoms with Gasteiger partial charge in [0.15, 0.2) is 5.78 Å². The first-order valence-electron chi connectivity index (χ1n) is 31.7. The third-order valence-corrected chi connectivity index (χ3v) is 14.9. The van der Waals surface area contributed by atoms with Gasteiger partial charge < -0.3 is 4.74 Å². The van der Waals surface area contributed by atoms with Gasteiger partial charge >= 0.3 is 5.97 Å². The van der Waals surface area contributed by atoms with Crippen molar-refractivity contribution in [1.82, 2.24) is 0 Å². The topological polar surface area (TPSA) is 43.4 Å². The SMILES string of the molecule is COC(=O)/C=C/c1ccc(C)cc1.Cc1ccc(/C=C/C(=O)c2ccc(C)cc2)cc1.Cc1ccc(/C=C/c2ccc(C)cc2)cc1.Cc1ccc(Cc2cccc(C)c2)cc1.Cc1cccc(Cc2cccc(C)c2)c1.Cc1cccc(Cc2cccc(C)c2)c1. The van der Waals surface area contributed by atoms with E-state index < -0.39 is 0 Å². The fourth-order valence-corrected chi connectivity index (χ4v) is 9.64. The summed E-state index contributed by atoms with van der Waals surface area (Å²) >= 11 is 0. The van der Waals surface area contributed by atoms with Crippen LogP contribution < -0.4 is 0 Å². The average molecular weight is 1210 g/mol. The molecule has 3 nitrogen and oxygen atoms in total. The number of allylic oxidation sites excluding steroid dienone is 1. The predicted molar refractivity (Wildman–Crippen MR) is 395 cm³/mol. The molecule has 0 heterocycles. The Morgan fingerprint density at radius 2 is 0.500 bits per heavy atom. The van der Waals surface area contributed by atoms with E-state index in [1.165, 1.54) is 113 Å². The summed E-state index contributed by atoms with van der Waals surface area (Å²) in [5.74, 6) is -0.295. The summed E-state index contributed by atoms with van der Waals surface area (Å²) in [6.45, 7) is 23.1. The van der Waals surface area contributed by atoms with Crippen molar-refractivity contribution in [2.75, 3.05) is 7.11 Å². The van der Waals surface area contributed by atoms with Gasteiger partial charge in [0.1, 0.15) is 0 Å². The molecule has 11 rings (SSSR count). The predicted octanol–water partition coefficient (Wildman–Crippen LogP) is 22.5. The molecule has 466 valence electrons. The molecule has 0 aliphatic rings. The number of hydrogen-bond acceptors (Lipinski definition) is 3. The van der Waals surface area contributed by atoms with E-state index in [2.05, 4.69) is 266 Å². The number of esters is 1. The zero-order valence-electron chi connectivity index (χ0n) is 56.2. The van der Waals surface area contributed by atoms with Crippen LogP contribution in [0.4, 0.5) is 0 Å². The highest BCUT2D eigenvalue weighted by Crippen LogP contribution is 2.17. The molecule has 0 amide bonds. The van der Waals surface area contributed by atoms with E-state index in [0.29, 0.717) is 0 Å². The van der Waals surface area contributed by atoms with Crippen LogP contribution in [0.3, 0.4) is 0 Å². The van der Waals surface area contributed by atoms with E-state index in [0.717, 1.165) is 41.5 Å². The Labute approximate surface area is 551 Å². The molecule has 0 unspecified atom stereocenters. The highest BCUT2D eigenvalue weighted by molar-refractivity contribution is 6.06. The summed E-state index contributed by atoms with van der Waals surface area (Å²) in [6.07, 6.45) is 14.0. The Hall–Kier alpha value is -10.2. The summed E-state index contributed by atoms with van der Waals surface area (Å²) in [4.78, 5) is 22.7. The third-order valence-electron chi connectivity index (χ3n) is 14.9. The number of benzene rings is 11. The lowest BCUT2D eigenvalue weighted by molar-refractivity contribution is -0.134. The number of hydrogen-bond donors (Lipinski definition) is 0. The van der Waals surface area contributed by atoms with Gasteiger partial charge in [0.05, 0.1) is 7.11 Å². The molecule has 92 heavy (non-hydrogen) atoms. The number of carbonyl (C=O) groups is 2. The quantitative estimate of drug-likeness (QED) is 0.0500. The Morgan fingerprint density at radius 3 is 0.772 bits per heavy atom. The fraction of sp³-hybridized carbons (Fsp3) is 0.169. The molecule has 3 heteroatoms. The van der Waals surface area contributed by atoms with Gasteiger partial charge in [-0.05, 0) is 163 Å². The zero-order valence-corrected chi connectivity index (χ0v) is 56.2. The van der Waals surface area contributed by atoms with Crippen molar-refractivity contribution in [3.05, 3.63) is 401 Å². The Kier molecular flexibility index (Phi) is 29.5. The summed E-state index contributed by atoms with van der Waals surface area (Å²) < 4.78 is 4.47. The Balaban J connectivity index is 0.000000176. The number of carbonyl (C=O) groups excluding carboxylic acids is 2. The van der Waals surface area contributed by atoms with Gasteiger partial charge in [-0.3, -0.25) is 4.79 Å². The number of ketones is 1. The first-order valence-corrected chi connectivity index (χ1v) is 31.7. The molecule has 11 aromatic rings. The Morgan fingerprint density at radius 1 is 0.261 bits per heavy atom. The van der Waals surface area contributed by atoms with Gasteiger partial charge in [0, 0.05) is 11.6 Å². The number of aryl methyl sites for hydroxylation is 11. The van der Waals surface area contributed by atoms with E-state index >= 15 is 0 Å². The van der Waals surface area contributed by atoms with Crippen LogP contribution in [0, 0.1) is 76.2 Å². The van der Waals surface area contributed by atoms with Gasteiger partial charge in [-0.1, -0.05) is 346 Å². The molecule has 0 fully saturated rings. The summed E-state index contributed by atoms with van der Waals surface area (Å²) in [5.41, 5.74) is 27.7. The number of methoxy groups -OCH3 is 1. The van der Waals surface area contributed by atoms with Crippen LogP contribution in [0.1, 0.15) is 127 Å². The lowest BCUT2D eigenvalue weighted by Gasteiger charge is -2.04. The Bertz CT molecular complexity index is 3860. The highest BCUT2D eigenvalue weighted by Gasteiger charge is 2.02. The zero-order chi connectivity index (χ0) is 66.0. The molecule has 0 saturated carbocycles. The lowest BCUT2D eigenvalue weighted by Crippen LogP contribution is -1.93. The van der Waals surface area contributed by atoms with Crippen LogP contribution in [0.25, 0.3) is 24.3 Å². The molecule has 0 aliphatic carbocycles. The minimum absolute atomic E-state index is 0.0376. The second kappa shape index (κ2) is 38.4. The fourth-order valence-electron chi connectivity index (χ4n) is 9.64. The molecule has 0 bridgehead atoms. The lowest BCUT2D eigenvalue weighted by atomic mass is 10.0. The van der Waals surface area contributed by atoms with Crippen LogP contribution in [-0.2, 0) is 28.8 Å². The molecular formula is C89H92O3. The molecule has 0 saturated heterocycles. The van der Waals surface area contributed by atoms with Gasteiger partial charge in [-0.25, -0.2) is 4.79 Å². The first-order chi connectivity index (χ1) is 44.3.